The summed E-state index contributed by atoms with van der Waals surface area (Å²) in [6.45, 7) is 9.23. The molecule has 6 heteroatoms. The predicted molar refractivity (Wildman–Crippen MR) is 86.0 cm³/mol. The first-order chi connectivity index (χ1) is 10.1. The van der Waals surface area contributed by atoms with E-state index in [2.05, 4.69) is 11.3 Å². The van der Waals surface area contributed by atoms with Gasteiger partial charge in [0.05, 0.1) is 16.9 Å². The van der Waals surface area contributed by atoms with Crippen LogP contribution in [0.4, 0.5) is 0 Å². The maximum atomic E-state index is 12.2. The van der Waals surface area contributed by atoms with Gasteiger partial charge in [-0.05, 0) is 39.3 Å². The quantitative estimate of drug-likeness (QED) is 0.782. The molecule has 0 fully saturated rings. The smallest absolute Gasteiger partial charge is 0.264 e. The van der Waals surface area contributed by atoms with Crippen molar-refractivity contribution in [3.63, 3.8) is 0 Å². The third kappa shape index (κ3) is 5.27. The van der Waals surface area contributed by atoms with Crippen molar-refractivity contribution in [1.29, 1.82) is 0 Å². The first-order valence-corrected chi connectivity index (χ1v) is 8.38. The molecule has 0 aliphatic carbocycles. The van der Waals surface area contributed by atoms with Crippen LogP contribution in [-0.2, 0) is 19.6 Å². The van der Waals surface area contributed by atoms with E-state index in [4.69, 9.17) is 4.74 Å². The maximum Gasteiger partial charge on any atom is 0.264 e. The van der Waals surface area contributed by atoms with E-state index < -0.39 is 21.5 Å². The molecule has 0 saturated carbocycles. The Hall–Kier alpha value is -1.66. The fourth-order valence-corrected chi connectivity index (χ4v) is 3.13. The van der Waals surface area contributed by atoms with E-state index in [0.29, 0.717) is 6.42 Å². The van der Waals surface area contributed by atoms with E-state index in [9.17, 15) is 13.2 Å². The minimum Gasteiger partial charge on any atom is -0.378 e. The van der Waals surface area contributed by atoms with Crippen LogP contribution >= 0.6 is 0 Å². The Morgan fingerprint density at radius 1 is 1.27 bits per heavy atom. The van der Waals surface area contributed by atoms with Crippen LogP contribution in [-0.4, -0.2) is 27.0 Å². The van der Waals surface area contributed by atoms with Gasteiger partial charge in [0.1, 0.15) is 0 Å². The number of carbonyl (C=O) groups excluding carboxylic acids is 1. The third-order valence-corrected chi connectivity index (χ3v) is 4.67. The molecule has 22 heavy (non-hydrogen) atoms. The van der Waals surface area contributed by atoms with Crippen molar-refractivity contribution < 1.29 is 17.9 Å². The topological polar surface area (TPSA) is 72.5 Å². The highest BCUT2D eigenvalue weighted by Crippen LogP contribution is 2.23. The number of amides is 1. The van der Waals surface area contributed by atoms with Crippen LogP contribution in [0.5, 0.6) is 0 Å². The van der Waals surface area contributed by atoms with E-state index in [0.717, 1.165) is 11.1 Å². The Bertz CT molecular complexity index is 649. The zero-order valence-corrected chi connectivity index (χ0v) is 14.3. The lowest BCUT2D eigenvalue weighted by atomic mass is 9.94. The van der Waals surface area contributed by atoms with E-state index in [1.165, 1.54) is 19.2 Å². The van der Waals surface area contributed by atoms with Crippen LogP contribution in [0.25, 0.3) is 0 Å². The molecule has 5 nitrogen and oxygen atoms in total. The van der Waals surface area contributed by atoms with E-state index in [1.54, 1.807) is 19.1 Å². The molecule has 0 heterocycles. The molecule has 0 aliphatic heterocycles. The second kappa shape index (κ2) is 7.07. The molecule has 1 amide bonds. The first kappa shape index (κ1) is 18.4. The summed E-state index contributed by atoms with van der Waals surface area (Å²) < 4.78 is 31.7. The summed E-state index contributed by atoms with van der Waals surface area (Å²) in [7, 11) is -2.37. The van der Waals surface area contributed by atoms with Crippen molar-refractivity contribution in [3.05, 3.63) is 42.0 Å². The summed E-state index contributed by atoms with van der Waals surface area (Å²) in [5.41, 5.74) is 1.02. The van der Waals surface area contributed by atoms with Crippen LogP contribution < -0.4 is 4.72 Å². The normalized spacial score (nSPS) is 14.2. The molecule has 0 aliphatic rings. The average molecular weight is 325 g/mol. The molecule has 0 aromatic heterocycles. The van der Waals surface area contributed by atoms with Gasteiger partial charge >= 0.3 is 0 Å². The first-order valence-electron chi connectivity index (χ1n) is 6.90. The molecule has 0 radical (unpaired) electrons. The van der Waals surface area contributed by atoms with Crippen LogP contribution in [0, 0.1) is 6.92 Å². The lowest BCUT2D eigenvalue weighted by Gasteiger charge is -2.27. The van der Waals surface area contributed by atoms with Gasteiger partial charge in [-0.25, -0.2) is 13.1 Å². The molecular weight excluding hydrogens is 302 g/mol. The largest absolute Gasteiger partial charge is 0.378 e. The summed E-state index contributed by atoms with van der Waals surface area (Å²) in [6.07, 6.45) is 0.406. The third-order valence-electron chi connectivity index (χ3n) is 3.28. The lowest BCUT2D eigenvalue weighted by molar-refractivity contribution is -0.125. The Morgan fingerprint density at radius 3 is 2.27 bits per heavy atom. The number of carbonyl (C=O) groups is 1. The van der Waals surface area contributed by atoms with Gasteiger partial charge in [0.25, 0.3) is 10.0 Å². The number of rotatable bonds is 7. The minimum atomic E-state index is -3.86. The summed E-state index contributed by atoms with van der Waals surface area (Å²) in [4.78, 5) is 12.1. The SMILES string of the molecule is C=C(C)CC(C)(CC(=O)NS(=O)(=O)c1ccc(C)cc1)OC. The Balaban J connectivity index is 2.83. The van der Waals surface area contributed by atoms with Gasteiger partial charge in [-0.1, -0.05) is 23.3 Å². The molecule has 1 rings (SSSR count). The summed E-state index contributed by atoms with van der Waals surface area (Å²) in [6, 6.07) is 6.29. The van der Waals surface area contributed by atoms with Crippen molar-refractivity contribution in [2.75, 3.05) is 7.11 Å². The van der Waals surface area contributed by atoms with Crippen LogP contribution in [0.3, 0.4) is 0 Å². The Morgan fingerprint density at radius 2 is 1.82 bits per heavy atom. The van der Waals surface area contributed by atoms with Crippen molar-refractivity contribution in [1.82, 2.24) is 4.72 Å². The van der Waals surface area contributed by atoms with E-state index in [-0.39, 0.29) is 11.3 Å². The second-order valence-electron chi connectivity index (χ2n) is 5.81. The molecule has 1 unspecified atom stereocenters. The van der Waals surface area contributed by atoms with Gasteiger partial charge in [0.15, 0.2) is 0 Å². The monoisotopic (exact) mass is 325 g/mol. The van der Waals surface area contributed by atoms with Gasteiger partial charge in [-0.2, -0.15) is 0 Å². The number of benzene rings is 1. The Kier molecular flexibility index (Phi) is 5.91. The standard InChI is InChI=1S/C16H23NO4S/c1-12(2)10-16(4,21-5)11-15(18)17-22(19,20)14-8-6-13(3)7-9-14/h6-9H,1,10-11H2,2-5H3,(H,17,18). The number of sulfonamides is 1. The van der Waals surface area contributed by atoms with Gasteiger partial charge in [-0.15, -0.1) is 6.58 Å². The number of nitrogens with one attached hydrogen (secondary N) is 1. The average Bonchev–Trinajstić information content (AvgIpc) is 2.37. The van der Waals surface area contributed by atoms with Crippen molar-refractivity contribution in [3.8, 4) is 0 Å². The molecule has 0 saturated heterocycles. The molecule has 1 atom stereocenters. The van der Waals surface area contributed by atoms with Crippen molar-refractivity contribution >= 4 is 15.9 Å². The highest BCUT2D eigenvalue weighted by atomic mass is 32.2. The molecule has 0 bridgehead atoms. The lowest BCUT2D eigenvalue weighted by Crippen LogP contribution is -2.38. The zero-order chi connectivity index (χ0) is 17.0. The molecule has 1 N–H and O–H groups in total. The summed E-state index contributed by atoms with van der Waals surface area (Å²) >= 11 is 0. The number of ether oxygens (including phenoxy) is 1. The second-order valence-corrected chi connectivity index (χ2v) is 7.49. The highest BCUT2D eigenvalue weighted by molar-refractivity contribution is 7.90. The number of hydrogen-bond acceptors (Lipinski definition) is 4. The van der Waals surface area contributed by atoms with Gasteiger partial charge in [-0.3, -0.25) is 4.79 Å². The van der Waals surface area contributed by atoms with Gasteiger partial charge in [0.2, 0.25) is 5.91 Å². The fraction of sp³-hybridized carbons (Fsp3) is 0.438. The van der Waals surface area contributed by atoms with Crippen molar-refractivity contribution in [2.24, 2.45) is 0 Å². The molecule has 1 aromatic rings. The maximum absolute atomic E-state index is 12.2. The zero-order valence-electron chi connectivity index (χ0n) is 13.5. The number of aryl methyl sites for hydroxylation is 1. The van der Waals surface area contributed by atoms with Crippen LogP contribution in [0.15, 0.2) is 41.3 Å². The number of hydrogen-bond donors (Lipinski definition) is 1. The highest BCUT2D eigenvalue weighted by Gasteiger charge is 2.29. The van der Waals surface area contributed by atoms with Crippen LogP contribution in [0.2, 0.25) is 0 Å². The van der Waals surface area contributed by atoms with Crippen LogP contribution in [0.1, 0.15) is 32.3 Å². The fourth-order valence-electron chi connectivity index (χ4n) is 2.15. The predicted octanol–water partition coefficient (Wildman–Crippen LogP) is 2.56. The molecule has 122 valence electrons. The minimum absolute atomic E-state index is 0.0606. The van der Waals surface area contributed by atoms with E-state index >= 15 is 0 Å². The van der Waals surface area contributed by atoms with Gasteiger partial charge in [0, 0.05) is 7.11 Å². The summed E-state index contributed by atoms with van der Waals surface area (Å²) in [5, 5.41) is 0. The molecule has 0 spiro atoms. The van der Waals surface area contributed by atoms with Crippen molar-refractivity contribution in [2.45, 2.75) is 44.1 Å². The van der Waals surface area contributed by atoms with Gasteiger partial charge < -0.3 is 4.74 Å². The molecule has 1 aromatic carbocycles. The molecular formula is C16H23NO4S. The number of methoxy groups -OCH3 is 1. The Labute approximate surface area is 132 Å². The van der Waals surface area contributed by atoms with E-state index in [1.807, 2.05) is 13.8 Å². The summed E-state index contributed by atoms with van der Waals surface area (Å²) in [5.74, 6) is -0.605.